The summed E-state index contributed by atoms with van der Waals surface area (Å²) in [7, 11) is -3.25. The molecule has 2 aromatic rings. The molecule has 3 rings (SSSR count). The molecule has 2 aromatic heterocycles. The molecule has 0 aliphatic carbocycles. The van der Waals surface area contributed by atoms with Crippen molar-refractivity contribution in [3.63, 3.8) is 0 Å². The Morgan fingerprint density at radius 2 is 2.05 bits per heavy atom. The number of nitrogens with one attached hydrogen (secondary N) is 1. The van der Waals surface area contributed by atoms with Crippen LogP contribution < -0.4 is 0 Å². The van der Waals surface area contributed by atoms with Gasteiger partial charge >= 0.3 is 0 Å². The topological polar surface area (TPSA) is 91.8 Å². The van der Waals surface area contributed by atoms with Crippen LogP contribution in [0.15, 0.2) is 24.8 Å². The molecule has 7 nitrogen and oxygen atoms in total. The Morgan fingerprint density at radius 3 is 2.75 bits per heavy atom. The summed E-state index contributed by atoms with van der Waals surface area (Å²) < 4.78 is 25.2. The van der Waals surface area contributed by atoms with Gasteiger partial charge in [0.25, 0.3) is 0 Å². The fourth-order valence-corrected chi connectivity index (χ4v) is 3.71. The lowest BCUT2D eigenvalue weighted by atomic mass is 10.1. The lowest BCUT2D eigenvalue weighted by molar-refractivity contribution is 0.394. The molecule has 8 heteroatoms. The van der Waals surface area contributed by atoms with Crippen LogP contribution in [0.1, 0.15) is 24.6 Å². The number of rotatable bonds is 3. The number of hydrogen-bond donors (Lipinski definition) is 1. The van der Waals surface area contributed by atoms with Gasteiger partial charge in [0.15, 0.2) is 5.82 Å². The van der Waals surface area contributed by atoms with E-state index in [0.717, 1.165) is 12.8 Å². The van der Waals surface area contributed by atoms with Crippen molar-refractivity contribution in [2.24, 2.45) is 0 Å². The molecule has 3 heterocycles. The van der Waals surface area contributed by atoms with Crippen molar-refractivity contribution < 1.29 is 8.42 Å². The van der Waals surface area contributed by atoms with Crippen LogP contribution in [0.4, 0.5) is 0 Å². The highest BCUT2D eigenvalue weighted by molar-refractivity contribution is 7.88. The van der Waals surface area contributed by atoms with Crippen LogP contribution in [0.3, 0.4) is 0 Å². The Morgan fingerprint density at radius 1 is 1.25 bits per heavy atom. The molecule has 1 aliphatic heterocycles. The average molecular weight is 293 g/mol. The van der Waals surface area contributed by atoms with Crippen molar-refractivity contribution in [3.05, 3.63) is 30.5 Å². The molecule has 0 unspecified atom stereocenters. The molecule has 0 spiro atoms. The lowest BCUT2D eigenvalue weighted by Gasteiger charge is -2.22. The molecular weight excluding hydrogens is 278 g/mol. The summed E-state index contributed by atoms with van der Waals surface area (Å²) in [5, 5.41) is 0. The number of sulfonamides is 1. The third-order valence-corrected chi connectivity index (χ3v) is 4.68. The highest BCUT2D eigenvalue weighted by Crippen LogP contribution is 2.35. The van der Waals surface area contributed by atoms with E-state index in [2.05, 4.69) is 19.9 Å². The Hall–Kier alpha value is -1.80. The van der Waals surface area contributed by atoms with Gasteiger partial charge in [-0.2, -0.15) is 4.31 Å². The third-order valence-electron chi connectivity index (χ3n) is 3.39. The zero-order valence-corrected chi connectivity index (χ0v) is 11.8. The molecule has 1 saturated heterocycles. The maximum Gasteiger partial charge on any atom is 0.211 e. The van der Waals surface area contributed by atoms with E-state index < -0.39 is 10.0 Å². The second-order valence-electron chi connectivity index (χ2n) is 4.76. The number of aromatic amines is 1. The predicted molar refractivity (Wildman–Crippen MR) is 73.1 cm³/mol. The first-order chi connectivity index (χ1) is 9.57. The third kappa shape index (κ3) is 2.32. The highest BCUT2D eigenvalue weighted by atomic mass is 32.2. The van der Waals surface area contributed by atoms with E-state index in [1.807, 2.05) is 0 Å². The highest BCUT2D eigenvalue weighted by Gasteiger charge is 2.35. The molecule has 106 valence electrons. The van der Waals surface area contributed by atoms with Crippen LogP contribution in [-0.4, -0.2) is 45.5 Å². The summed E-state index contributed by atoms with van der Waals surface area (Å²) in [5.74, 6) is 0.605. The van der Waals surface area contributed by atoms with Crippen molar-refractivity contribution in [1.29, 1.82) is 0 Å². The van der Waals surface area contributed by atoms with Crippen LogP contribution in [-0.2, 0) is 10.0 Å². The Balaban J connectivity index is 2.07. The normalized spacial score (nSPS) is 20.4. The summed E-state index contributed by atoms with van der Waals surface area (Å²) in [6, 6.07) is -0.265. The van der Waals surface area contributed by atoms with E-state index in [1.54, 1.807) is 24.8 Å². The van der Waals surface area contributed by atoms with E-state index in [4.69, 9.17) is 0 Å². The quantitative estimate of drug-likeness (QED) is 0.910. The summed E-state index contributed by atoms with van der Waals surface area (Å²) in [6.07, 6.45) is 9.31. The molecular formula is C12H15N5O2S. The summed E-state index contributed by atoms with van der Waals surface area (Å²) in [4.78, 5) is 15.8. The van der Waals surface area contributed by atoms with Crippen molar-refractivity contribution in [1.82, 2.24) is 24.2 Å². The van der Waals surface area contributed by atoms with E-state index >= 15 is 0 Å². The van der Waals surface area contributed by atoms with Crippen LogP contribution in [0.25, 0.3) is 11.5 Å². The van der Waals surface area contributed by atoms with Gasteiger partial charge in [-0.3, -0.25) is 4.98 Å². The smallest absolute Gasteiger partial charge is 0.211 e. The van der Waals surface area contributed by atoms with Gasteiger partial charge in [0.05, 0.1) is 18.0 Å². The molecule has 0 bridgehead atoms. The fourth-order valence-electron chi connectivity index (χ4n) is 2.58. The summed E-state index contributed by atoms with van der Waals surface area (Å²) >= 11 is 0. The zero-order chi connectivity index (χ0) is 14.2. The molecule has 20 heavy (non-hydrogen) atoms. The maximum absolute atomic E-state index is 11.9. The van der Waals surface area contributed by atoms with Crippen LogP contribution in [0.2, 0.25) is 0 Å². The van der Waals surface area contributed by atoms with Crippen molar-refractivity contribution in [2.45, 2.75) is 18.9 Å². The minimum atomic E-state index is -3.25. The average Bonchev–Trinajstić information content (AvgIpc) is 3.09. The van der Waals surface area contributed by atoms with Gasteiger partial charge < -0.3 is 4.98 Å². The number of hydrogen-bond acceptors (Lipinski definition) is 5. The summed E-state index contributed by atoms with van der Waals surface area (Å²) in [5.41, 5.74) is 1.27. The Labute approximate surface area is 117 Å². The van der Waals surface area contributed by atoms with Gasteiger partial charge in [-0.25, -0.2) is 18.4 Å². The SMILES string of the molecule is CS(=O)(=O)N1CCC[C@H]1c1nccnc1-c1ncc[nH]1. The molecule has 1 aliphatic rings. The Kier molecular flexibility index (Phi) is 3.27. The number of nitrogens with zero attached hydrogens (tertiary/aromatic N) is 4. The second-order valence-corrected chi connectivity index (χ2v) is 6.69. The fraction of sp³-hybridized carbons (Fsp3) is 0.417. The van der Waals surface area contributed by atoms with E-state index in [9.17, 15) is 8.42 Å². The number of H-pyrrole nitrogens is 1. The molecule has 1 atom stereocenters. The van der Waals surface area contributed by atoms with Crippen molar-refractivity contribution in [2.75, 3.05) is 12.8 Å². The molecule has 1 N–H and O–H groups in total. The first-order valence-corrected chi connectivity index (χ1v) is 8.19. The first-order valence-electron chi connectivity index (χ1n) is 6.35. The standard InChI is InChI=1S/C12H15N5O2S/c1-20(18,19)17-8-2-3-9(17)10-11(14-5-4-13-10)12-15-6-7-16-12/h4-7,9H,2-3,8H2,1H3,(H,15,16)/t9-/m0/s1. The van der Waals surface area contributed by atoms with Crippen LogP contribution in [0, 0.1) is 0 Å². The van der Waals surface area contributed by atoms with Crippen LogP contribution >= 0.6 is 0 Å². The van der Waals surface area contributed by atoms with E-state index in [0.29, 0.717) is 23.8 Å². The van der Waals surface area contributed by atoms with Gasteiger partial charge in [0.2, 0.25) is 10.0 Å². The van der Waals surface area contributed by atoms with Gasteiger partial charge in [0, 0.05) is 31.3 Å². The largest absolute Gasteiger partial charge is 0.343 e. The minimum Gasteiger partial charge on any atom is -0.343 e. The van der Waals surface area contributed by atoms with Crippen molar-refractivity contribution >= 4 is 10.0 Å². The van der Waals surface area contributed by atoms with Gasteiger partial charge in [-0.15, -0.1) is 0 Å². The number of aromatic nitrogens is 4. The monoisotopic (exact) mass is 293 g/mol. The number of imidazole rings is 1. The molecule has 0 radical (unpaired) electrons. The van der Waals surface area contributed by atoms with E-state index in [1.165, 1.54) is 10.6 Å². The molecule has 0 saturated carbocycles. The maximum atomic E-state index is 11.9. The minimum absolute atomic E-state index is 0.265. The lowest BCUT2D eigenvalue weighted by Crippen LogP contribution is -2.30. The first kappa shape index (κ1) is 13.2. The summed E-state index contributed by atoms with van der Waals surface area (Å²) in [6.45, 7) is 0.525. The van der Waals surface area contributed by atoms with Crippen molar-refractivity contribution in [3.8, 4) is 11.5 Å². The molecule has 0 aromatic carbocycles. The van der Waals surface area contributed by atoms with Gasteiger partial charge in [0.1, 0.15) is 5.69 Å². The van der Waals surface area contributed by atoms with E-state index in [-0.39, 0.29) is 6.04 Å². The molecule has 1 fully saturated rings. The van der Waals surface area contributed by atoms with Crippen LogP contribution in [0.5, 0.6) is 0 Å². The van der Waals surface area contributed by atoms with Gasteiger partial charge in [-0.05, 0) is 12.8 Å². The van der Waals surface area contributed by atoms with Gasteiger partial charge in [-0.1, -0.05) is 0 Å². The zero-order valence-electron chi connectivity index (χ0n) is 11.0. The Bertz CT molecular complexity index is 698. The predicted octanol–water partition coefficient (Wildman–Crippen LogP) is 0.963. The molecule has 0 amide bonds. The second kappa shape index (κ2) is 4.95.